The summed E-state index contributed by atoms with van der Waals surface area (Å²) in [6.07, 6.45) is 0.266. The van der Waals surface area contributed by atoms with Crippen LogP contribution in [-0.4, -0.2) is 62.6 Å². The van der Waals surface area contributed by atoms with Gasteiger partial charge in [0.1, 0.15) is 0 Å². The highest BCUT2D eigenvalue weighted by Gasteiger charge is 2.07. The minimum Gasteiger partial charge on any atom is -0.463 e. The van der Waals surface area contributed by atoms with Crippen molar-refractivity contribution in [2.24, 2.45) is 4.99 Å². The van der Waals surface area contributed by atoms with Crippen molar-refractivity contribution in [1.29, 1.82) is 0 Å². The second-order valence-electron chi connectivity index (χ2n) is 4.26. The lowest BCUT2D eigenvalue weighted by atomic mass is 10.4. The lowest BCUT2D eigenvalue weighted by molar-refractivity contribution is -0.147. The summed E-state index contributed by atoms with van der Waals surface area (Å²) in [5.74, 6) is 0.646. The molecule has 0 saturated carbocycles. The number of ether oxygens (including phenoxy) is 1. The normalized spacial score (nSPS) is 9.94. The van der Waals surface area contributed by atoms with Crippen LogP contribution in [0.3, 0.4) is 0 Å². The second-order valence-corrected chi connectivity index (χ2v) is 4.26. The van der Waals surface area contributed by atoms with Gasteiger partial charge in [0, 0.05) is 28.2 Å². The van der Waals surface area contributed by atoms with E-state index in [4.69, 9.17) is 4.74 Å². The Kier molecular flexibility index (Phi) is 6.53. The first-order valence-corrected chi connectivity index (χ1v) is 5.43. The van der Waals surface area contributed by atoms with Gasteiger partial charge in [-0.05, 0) is 13.8 Å². The van der Waals surface area contributed by atoms with E-state index in [-0.39, 0.29) is 12.1 Å². The van der Waals surface area contributed by atoms with Gasteiger partial charge < -0.3 is 14.5 Å². The number of carbonyl (C=O) groups excluding carboxylic acids is 1. The van der Waals surface area contributed by atoms with Crippen LogP contribution in [0.15, 0.2) is 4.99 Å². The highest BCUT2D eigenvalue weighted by atomic mass is 16.5. The van der Waals surface area contributed by atoms with E-state index in [9.17, 15) is 4.79 Å². The summed E-state index contributed by atoms with van der Waals surface area (Å²) in [7, 11) is 7.69. The van der Waals surface area contributed by atoms with E-state index in [1.807, 2.05) is 51.8 Å². The van der Waals surface area contributed by atoms with E-state index in [0.29, 0.717) is 13.0 Å². The molecule has 0 unspecified atom stereocenters. The Hall–Kier alpha value is -1.26. The first-order valence-electron chi connectivity index (χ1n) is 5.43. The number of hydrogen-bond acceptors (Lipinski definition) is 3. The minimum absolute atomic E-state index is 0.0568. The van der Waals surface area contributed by atoms with Crippen molar-refractivity contribution in [2.45, 2.75) is 26.4 Å². The largest absolute Gasteiger partial charge is 0.463 e. The standard InChI is InChI=1S/C11H23N3O2/c1-9(2)16-10(15)7-8-12-11(13(3)4)14(5)6/h9H,7-8H2,1-6H3. The van der Waals surface area contributed by atoms with Crippen molar-refractivity contribution >= 4 is 11.9 Å². The molecule has 0 rings (SSSR count). The zero-order chi connectivity index (χ0) is 12.7. The van der Waals surface area contributed by atoms with Gasteiger partial charge in [-0.3, -0.25) is 9.79 Å². The van der Waals surface area contributed by atoms with E-state index >= 15 is 0 Å². The topological polar surface area (TPSA) is 45.1 Å². The maximum atomic E-state index is 11.3. The molecule has 0 aromatic rings. The summed E-state index contributed by atoms with van der Waals surface area (Å²) in [6.45, 7) is 4.13. The van der Waals surface area contributed by atoms with Crippen molar-refractivity contribution in [3.05, 3.63) is 0 Å². The average Bonchev–Trinajstić information content (AvgIpc) is 2.09. The first kappa shape index (κ1) is 14.7. The molecule has 94 valence electrons. The molecule has 0 aromatic heterocycles. The molecular formula is C11H23N3O2. The molecule has 0 aliphatic carbocycles. The molecule has 0 saturated heterocycles. The molecule has 0 spiro atoms. The predicted molar refractivity (Wildman–Crippen MR) is 65.5 cm³/mol. The van der Waals surface area contributed by atoms with Crippen LogP contribution in [0.5, 0.6) is 0 Å². The molecule has 0 bridgehead atoms. The van der Waals surface area contributed by atoms with Crippen molar-refractivity contribution < 1.29 is 9.53 Å². The van der Waals surface area contributed by atoms with Gasteiger partial charge >= 0.3 is 5.97 Å². The minimum atomic E-state index is -0.199. The fourth-order valence-electron chi connectivity index (χ4n) is 1.25. The highest BCUT2D eigenvalue weighted by Crippen LogP contribution is 1.95. The Morgan fingerprint density at radius 2 is 1.69 bits per heavy atom. The molecule has 0 aliphatic heterocycles. The van der Waals surface area contributed by atoms with Crippen molar-refractivity contribution in [3.8, 4) is 0 Å². The SMILES string of the molecule is CC(C)OC(=O)CCN=C(N(C)C)N(C)C. The van der Waals surface area contributed by atoms with E-state index in [1.54, 1.807) is 0 Å². The molecule has 0 N–H and O–H groups in total. The summed E-state index contributed by atoms with van der Waals surface area (Å²) >= 11 is 0. The summed E-state index contributed by atoms with van der Waals surface area (Å²) in [4.78, 5) is 19.4. The molecular weight excluding hydrogens is 206 g/mol. The quantitative estimate of drug-likeness (QED) is 0.406. The second kappa shape index (κ2) is 7.09. The van der Waals surface area contributed by atoms with Gasteiger partial charge in [-0.15, -0.1) is 0 Å². The molecule has 0 aliphatic rings. The Morgan fingerprint density at radius 3 is 2.06 bits per heavy atom. The fourth-order valence-corrected chi connectivity index (χ4v) is 1.25. The van der Waals surface area contributed by atoms with Crippen LogP contribution in [-0.2, 0) is 9.53 Å². The van der Waals surface area contributed by atoms with E-state index < -0.39 is 0 Å². The van der Waals surface area contributed by atoms with Gasteiger partial charge in [-0.1, -0.05) is 0 Å². The summed E-state index contributed by atoms with van der Waals surface area (Å²) in [6, 6.07) is 0. The monoisotopic (exact) mass is 229 g/mol. The van der Waals surface area contributed by atoms with Crippen LogP contribution in [0.4, 0.5) is 0 Å². The average molecular weight is 229 g/mol. The van der Waals surface area contributed by atoms with Gasteiger partial charge in [0.05, 0.1) is 19.1 Å². The molecule has 0 fully saturated rings. The van der Waals surface area contributed by atoms with Gasteiger partial charge in [-0.25, -0.2) is 0 Å². The lowest BCUT2D eigenvalue weighted by Gasteiger charge is -2.22. The Morgan fingerprint density at radius 1 is 1.19 bits per heavy atom. The number of esters is 1. The fraction of sp³-hybridized carbons (Fsp3) is 0.818. The number of nitrogens with zero attached hydrogens (tertiary/aromatic N) is 3. The van der Waals surface area contributed by atoms with Crippen LogP contribution in [0.1, 0.15) is 20.3 Å². The van der Waals surface area contributed by atoms with Gasteiger partial charge in [0.2, 0.25) is 0 Å². The maximum absolute atomic E-state index is 11.3. The molecule has 0 atom stereocenters. The Bertz CT molecular complexity index is 238. The zero-order valence-electron chi connectivity index (χ0n) is 11.1. The molecule has 5 heteroatoms. The number of carbonyl (C=O) groups is 1. The molecule has 5 nitrogen and oxygen atoms in total. The maximum Gasteiger partial charge on any atom is 0.307 e. The third-order valence-corrected chi connectivity index (χ3v) is 1.74. The van der Waals surface area contributed by atoms with Crippen LogP contribution < -0.4 is 0 Å². The zero-order valence-corrected chi connectivity index (χ0v) is 11.1. The van der Waals surface area contributed by atoms with Crippen LogP contribution in [0, 0.1) is 0 Å². The van der Waals surface area contributed by atoms with Crippen molar-refractivity contribution in [1.82, 2.24) is 9.80 Å². The Labute approximate surface area is 98.1 Å². The molecule has 16 heavy (non-hydrogen) atoms. The summed E-state index contributed by atoms with van der Waals surface area (Å²) in [5.41, 5.74) is 0. The number of guanidine groups is 1. The molecule has 0 aromatic carbocycles. The molecule has 0 heterocycles. The summed E-state index contributed by atoms with van der Waals surface area (Å²) < 4.78 is 5.02. The summed E-state index contributed by atoms with van der Waals surface area (Å²) in [5, 5.41) is 0. The Balaban J connectivity index is 4.10. The van der Waals surface area contributed by atoms with Gasteiger partial charge in [0.15, 0.2) is 5.96 Å². The molecule has 0 radical (unpaired) electrons. The third-order valence-electron chi connectivity index (χ3n) is 1.74. The smallest absolute Gasteiger partial charge is 0.307 e. The number of aliphatic imine (C=N–C) groups is 1. The van der Waals surface area contributed by atoms with Crippen LogP contribution in [0.25, 0.3) is 0 Å². The van der Waals surface area contributed by atoms with E-state index in [2.05, 4.69) is 4.99 Å². The first-order chi connectivity index (χ1) is 7.34. The highest BCUT2D eigenvalue weighted by molar-refractivity contribution is 5.79. The van der Waals surface area contributed by atoms with Crippen molar-refractivity contribution in [3.63, 3.8) is 0 Å². The van der Waals surface area contributed by atoms with Crippen molar-refractivity contribution in [2.75, 3.05) is 34.7 Å². The van der Waals surface area contributed by atoms with Gasteiger partial charge in [-0.2, -0.15) is 0 Å². The van der Waals surface area contributed by atoms with E-state index in [1.165, 1.54) is 0 Å². The number of rotatable bonds is 4. The van der Waals surface area contributed by atoms with E-state index in [0.717, 1.165) is 5.96 Å². The third kappa shape index (κ3) is 6.27. The lowest BCUT2D eigenvalue weighted by Crippen LogP contribution is -2.35. The van der Waals surface area contributed by atoms with Crippen LogP contribution >= 0.6 is 0 Å². The van der Waals surface area contributed by atoms with Crippen LogP contribution in [0.2, 0.25) is 0 Å². The number of hydrogen-bond donors (Lipinski definition) is 0. The molecule has 0 amide bonds. The van der Waals surface area contributed by atoms with Gasteiger partial charge in [0.25, 0.3) is 0 Å². The predicted octanol–water partition coefficient (Wildman–Crippen LogP) is 0.807.